The summed E-state index contributed by atoms with van der Waals surface area (Å²) in [6.07, 6.45) is 1.62. The Morgan fingerprint density at radius 2 is 1.82 bits per heavy atom. The van der Waals surface area contributed by atoms with Gasteiger partial charge in [-0.05, 0) is 67.8 Å². The molecule has 40 heavy (non-hydrogen) atoms. The predicted octanol–water partition coefficient (Wildman–Crippen LogP) is 6.57. The summed E-state index contributed by atoms with van der Waals surface area (Å²) in [4.78, 5) is 27.5. The number of hydrogen-bond donors (Lipinski definition) is 1. The fourth-order valence-electron chi connectivity index (χ4n) is 5.09. The van der Waals surface area contributed by atoms with Crippen molar-refractivity contribution in [1.29, 1.82) is 0 Å². The van der Waals surface area contributed by atoms with E-state index in [1.54, 1.807) is 37.3 Å². The Labute approximate surface area is 232 Å². The van der Waals surface area contributed by atoms with E-state index in [1.165, 1.54) is 18.4 Å². The zero-order valence-electron chi connectivity index (χ0n) is 23.1. The van der Waals surface area contributed by atoms with Gasteiger partial charge in [0, 0.05) is 30.7 Å². The molecule has 0 saturated carbocycles. The van der Waals surface area contributed by atoms with Crippen LogP contribution in [0.1, 0.15) is 41.1 Å². The van der Waals surface area contributed by atoms with Crippen LogP contribution in [0.15, 0.2) is 71.3 Å². The molecule has 0 fully saturated rings. The lowest BCUT2D eigenvalue weighted by molar-refractivity contribution is -0.121. The van der Waals surface area contributed by atoms with Crippen LogP contribution in [0.2, 0.25) is 0 Å². The van der Waals surface area contributed by atoms with Crippen molar-refractivity contribution in [3.63, 3.8) is 0 Å². The number of ether oxygens (including phenoxy) is 2. The molecule has 1 amide bonds. The molecule has 0 radical (unpaired) electrons. The number of ketones is 1. The minimum atomic E-state index is -0.791. The summed E-state index contributed by atoms with van der Waals surface area (Å²) in [6.45, 7) is 5.59. The number of Topliss-reactive ketones (excluding diaryl/α,β-unsaturated/α-hetero) is 1. The second kappa shape index (κ2) is 10.5. The number of benzene rings is 3. The Kier molecular flexibility index (Phi) is 7.10. The smallest absolute Gasteiger partial charge is 0.251 e. The second-order valence-electron chi connectivity index (χ2n) is 10.4. The summed E-state index contributed by atoms with van der Waals surface area (Å²) in [5, 5.41) is 3.34. The standard InChI is InChI=1S/C32H31FN2O5/c1-19-8-10-21(33)17-28(19)40-18-24-22(12-13-25-30(24)35(4)31(37)32(2,3)34-25)23-11-9-20(16-29(23)38-5)15-26(36)27-7-6-14-39-27/h6-14,16-17,34H,15,18H2,1-5H3. The first-order chi connectivity index (χ1) is 19.1. The molecule has 0 saturated heterocycles. The van der Waals surface area contributed by atoms with Gasteiger partial charge in [0.05, 0.1) is 24.7 Å². The van der Waals surface area contributed by atoms with Crippen LogP contribution in [0.5, 0.6) is 11.5 Å². The molecule has 1 aromatic heterocycles. The summed E-state index contributed by atoms with van der Waals surface area (Å²) in [7, 11) is 3.31. The van der Waals surface area contributed by atoms with Crippen molar-refractivity contribution in [3.8, 4) is 22.6 Å². The average Bonchev–Trinajstić information content (AvgIpc) is 3.47. The summed E-state index contributed by atoms with van der Waals surface area (Å²) in [6, 6.07) is 17.2. The van der Waals surface area contributed by atoms with Crippen molar-refractivity contribution in [3.05, 3.63) is 95.2 Å². The van der Waals surface area contributed by atoms with Gasteiger partial charge >= 0.3 is 0 Å². The summed E-state index contributed by atoms with van der Waals surface area (Å²) in [5.74, 6) is 0.647. The number of nitrogens with one attached hydrogen (secondary N) is 1. The van der Waals surface area contributed by atoms with Crippen molar-refractivity contribution in [1.82, 2.24) is 0 Å². The van der Waals surface area contributed by atoms with Gasteiger partial charge in [0.25, 0.3) is 5.91 Å². The van der Waals surface area contributed by atoms with Crippen molar-refractivity contribution in [2.75, 3.05) is 24.4 Å². The third-order valence-corrected chi connectivity index (χ3v) is 7.14. The van der Waals surface area contributed by atoms with Gasteiger partial charge in [0.1, 0.15) is 29.5 Å². The number of nitrogens with zero attached hydrogens (tertiary/aromatic N) is 1. The maximum absolute atomic E-state index is 14.0. The molecular formula is C32H31FN2O5. The number of amides is 1. The van der Waals surface area contributed by atoms with E-state index in [9.17, 15) is 14.0 Å². The molecule has 8 heteroatoms. The van der Waals surface area contributed by atoms with E-state index in [0.717, 1.165) is 33.5 Å². The summed E-state index contributed by atoms with van der Waals surface area (Å²) < 4.78 is 31.2. The molecule has 0 aliphatic carbocycles. The molecule has 5 rings (SSSR count). The molecule has 3 aromatic carbocycles. The number of likely N-dealkylation sites (N-methyl/N-ethyl adjacent to an activating group) is 1. The van der Waals surface area contributed by atoms with Crippen molar-refractivity contribution in [2.45, 2.75) is 39.3 Å². The lowest BCUT2D eigenvalue weighted by Crippen LogP contribution is -2.52. The third kappa shape index (κ3) is 5.04. The quantitative estimate of drug-likeness (QED) is 0.254. The number of halogens is 1. The topological polar surface area (TPSA) is 81.0 Å². The fraction of sp³-hybridized carbons (Fsp3) is 0.250. The number of rotatable bonds is 8. The van der Waals surface area contributed by atoms with Gasteiger partial charge < -0.3 is 24.1 Å². The molecule has 1 N–H and O–H groups in total. The molecule has 1 aliphatic rings. The molecule has 7 nitrogen and oxygen atoms in total. The van der Waals surface area contributed by atoms with Crippen molar-refractivity contribution < 1.29 is 27.9 Å². The lowest BCUT2D eigenvalue weighted by Gasteiger charge is -2.39. The minimum absolute atomic E-state index is 0.0738. The molecule has 0 bridgehead atoms. The number of aryl methyl sites for hydroxylation is 1. The van der Waals surface area contributed by atoms with E-state index in [4.69, 9.17) is 13.9 Å². The highest BCUT2D eigenvalue weighted by Gasteiger charge is 2.38. The first-order valence-electron chi connectivity index (χ1n) is 12.9. The van der Waals surface area contributed by atoms with E-state index < -0.39 is 11.4 Å². The zero-order chi connectivity index (χ0) is 28.6. The van der Waals surface area contributed by atoms with Crippen LogP contribution >= 0.6 is 0 Å². The maximum atomic E-state index is 14.0. The highest BCUT2D eigenvalue weighted by molar-refractivity contribution is 6.08. The van der Waals surface area contributed by atoms with Crippen LogP contribution in [0, 0.1) is 12.7 Å². The average molecular weight is 543 g/mol. The van der Waals surface area contributed by atoms with E-state index in [1.807, 2.05) is 51.1 Å². The molecule has 0 spiro atoms. The normalized spacial score (nSPS) is 13.9. The summed E-state index contributed by atoms with van der Waals surface area (Å²) >= 11 is 0. The monoisotopic (exact) mass is 542 g/mol. The first-order valence-corrected chi connectivity index (χ1v) is 12.9. The molecular weight excluding hydrogens is 511 g/mol. The van der Waals surface area contributed by atoms with E-state index >= 15 is 0 Å². The molecule has 0 unspecified atom stereocenters. The van der Waals surface area contributed by atoms with Crippen LogP contribution < -0.4 is 19.7 Å². The van der Waals surface area contributed by atoms with Gasteiger partial charge in [0.2, 0.25) is 5.78 Å². The van der Waals surface area contributed by atoms with E-state index in [-0.39, 0.29) is 24.7 Å². The number of anilines is 2. The third-order valence-electron chi connectivity index (χ3n) is 7.14. The van der Waals surface area contributed by atoms with E-state index in [2.05, 4.69) is 5.32 Å². The van der Waals surface area contributed by atoms with Crippen LogP contribution in [0.25, 0.3) is 11.1 Å². The Hall–Kier alpha value is -4.59. The largest absolute Gasteiger partial charge is 0.496 e. The van der Waals surface area contributed by atoms with Gasteiger partial charge in [-0.3, -0.25) is 9.59 Å². The Morgan fingerprint density at radius 3 is 2.55 bits per heavy atom. The number of furan rings is 1. The Balaban J connectivity index is 1.59. The minimum Gasteiger partial charge on any atom is -0.496 e. The molecule has 1 aliphatic heterocycles. The van der Waals surface area contributed by atoms with E-state index in [0.29, 0.717) is 22.9 Å². The number of hydrogen-bond acceptors (Lipinski definition) is 6. The van der Waals surface area contributed by atoms with Crippen LogP contribution in [-0.4, -0.2) is 31.4 Å². The maximum Gasteiger partial charge on any atom is 0.251 e. The van der Waals surface area contributed by atoms with Crippen LogP contribution in [0.4, 0.5) is 15.8 Å². The molecule has 0 atom stereocenters. The molecule has 2 heterocycles. The SMILES string of the molecule is COc1cc(CC(=O)c2ccco2)ccc1-c1ccc2c(c1COc1cc(F)ccc1C)N(C)C(=O)C(C)(C)N2. The zero-order valence-corrected chi connectivity index (χ0v) is 23.1. The second-order valence-corrected chi connectivity index (χ2v) is 10.4. The van der Waals surface area contributed by atoms with Crippen molar-refractivity contribution >= 4 is 23.1 Å². The van der Waals surface area contributed by atoms with Gasteiger partial charge in [0.15, 0.2) is 5.76 Å². The highest BCUT2D eigenvalue weighted by atomic mass is 19.1. The number of fused-ring (bicyclic) bond motifs is 1. The molecule has 206 valence electrons. The Morgan fingerprint density at radius 1 is 1.05 bits per heavy atom. The summed E-state index contributed by atoms with van der Waals surface area (Å²) in [5.41, 5.74) is 4.51. The van der Waals surface area contributed by atoms with Crippen LogP contribution in [-0.2, 0) is 17.8 Å². The number of carbonyl (C=O) groups is 2. The Bertz CT molecular complexity index is 1590. The van der Waals surface area contributed by atoms with Crippen LogP contribution in [0.3, 0.4) is 0 Å². The van der Waals surface area contributed by atoms with Gasteiger partial charge in [-0.25, -0.2) is 4.39 Å². The highest BCUT2D eigenvalue weighted by Crippen LogP contribution is 2.44. The first kappa shape index (κ1) is 27.0. The fourth-order valence-corrected chi connectivity index (χ4v) is 5.09. The molecule has 4 aromatic rings. The van der Waals surface area contributed by atoms with Crippen molar-refractivity contribution in [2.24, 2.45) is 0 Å². The van der Waals surface area contributed by atoms with Gasteiger partial charge in [-0.15, -0.1) is 0 Å². The predicted molar refractivity (Wildman–Crippen MR) is 152 cm³/mol. The lowest BCUT2D eigenvalue weighted by atomic mass is 9.91. The van der Waals surface area contributed by atoms with Gasteiger partial charge in [-0.2, -0.15) is 0 Å². The van der Waals surface area contributed by atoms with Gasteiger partial charge in [-0.1, -0.05) is 24.3 Å². The number of methoxy groups -OCH3 is 1. The number of carbonyl (C=O) groups excluding carboxylic acids is 2.